The zero-order valence-corrected chi connectivity index (χ0v) is 19.3. The number of benzene rings is 2. The van der Waals surface area contributed by atoms with E-state index < -0.39 is 27.8 Å². The number of nitrogens with one attached hydrogen (secondary N) is 1. The fourth-order valence-corrected chi connectivity index (χ4v) is 6.25. The summed E-state index contributed by atoms with van der Waals surface area (Å²) in [5.74, 6) is -0.834. The second-order valence-electron chi connectivity index (χ2n) is 7.88. The number of para-hydroxylation sites is 1. The Labute approximate surface area is 190 Å². The third kappa shape index (κ3) is 4.43. The fourth-order valence-electron chi connectivity index (χ4n) is 3.63. The van der Waals surface area contributed by atoms with E-state index in [1.54, 1.807) is 18.2 Å². The van der Waals surface area contributed by atoms with Crippen molar-refractivity contribution in [2.24, 2.45) is 0 Å². The Balaban J connectivity index is 1.54. The van der Waals surface area contributed by atoms with Gasteiger partial charge in [0.05, 0.1) is 16.6 Å². The van der Waals surface area contributed by atoms with Gasteiger partial charge in [0.1, 0.15) is 10.8 Å². The van der Waals surface area contributed by atoms with Crippen molar-refractivity contribution in [2.75, 3.05) is 11.9 Å². The van der Waals surface area contributed by atoms with Gasteiger partial charge in [0.15, 0.2) is 0 Å². The molecular weight excluding hydrogens is 451 g/mol. The topological polar surface area (TPSA) is 92.3 Å². The summed E-state index contributed by atoms with van der Waals surface area (Å²) < 4.78 is 41.8. The molecule has 1 saturated heterocycles. The van der Waals surface area contributed by atoms with Crippen molar-refractivity contribution in [1.82, 2.24) is 14.5 Å². The van der Waals surface area contributed by atoms with Crippen LogP contribution in [0.15, 0.2) is 53.4 Å². The van der Waals surface area contributed by atoms with Crippen LogP contribution in [-0.4, -0.2) is 35.4 Å². The molecule has 0 aliphatic carbocycles. The molecule has 0 bridgehead atoms. The van der Waals surface area contributed by atoms with E-state index in [0.717, 1.165) is 16.9 Å². The first kappa shape index (κ1) is 22.5. The monoisotopic (exact) mass is 474 g/mol. The highest BCUT2D eigenvalue weighted by atomic mass is 32.2. The average Bonchev–Trinajstić information content (AvgIpc) is 3.45. The molecule has 1 amide bonds. The summed E-state index contributed by atoms with van der Waals surface area (Å²) in [5.41, 5.74) is 1.11. The molecule has 1 fully saturated rings. The van der Waals surface area contributed by atoms with Crippen LogP contribution >= 0.6 is 11.3 Å². The van der Waals surface area contributed by atoms with E-state index in [9.17, 15) is 17.6 Å². The molecule has 7 nitrogen and oxygen atoms in total. The van der Waals surface area contributed by atoms with Gasteiger partial charge >= 0.3 is 0 Å². The van der Waals surface area contributed by atoms with Crippen LogP contribution in [0.5, 0.6) is 0 Å². The van der Waals surface area contributed by atoms with Gasteiger partial charge in [-0.15, -0.1) is 10.2 Å². The van der Waals surface area contributed by atoms with E-state index >= 15 is 0 Å². The standard InChI is InChI=1S/C22H23FN4O3S2/c1-14(2)15-9-11-16(12-10-15)32(29,30)27-13-5-8-19(27)21-25-26-22(31-21)20(28)24-18-7-4-3-6-17(18)23/h3-4,6-7,9-12,14,19H,5,8,13H2,1-2H3,(H,24,28)/t19-/m1/s1. The second kappa shape index (κ2) is 9.05. The zero-order chi connectivity index (χ0) is 22.9. The van der Waals surface area contributed by atoms with Crippen LogP contribution in [0.25, 0.3) is 0 Å². The van der Waals surface area contributed by atoms with Gasteiger partial charge in [-0.05, 0) is 48.6 Å². The van der Waals surface area contributed by atoms with Crippen LogP contribution in [0.1, 0.15) is 59.0 Å². The first-order chi connectivity index (χ1) is 15.3. The lowest BCUT2D eigenvalue weighted by atomic mass is 10.0. The third-order valence-electron chi connectivity index (χ3n) is 5.40. The molecule has 2 aromatic carbocycles. The van der Waals surface area contributed by atoms with Crippen LogP contribution in [0.4, 0.5) is 10.1 Å². The molecule has 4 rings (SSSR count). The number of aromatic nitrogens is 2. The SMILES string of the molecule is CC(C)c1ccc(S(=O)(=O)N2CCC[C@@H]2c2nnc(C(=O)Nc3ccccc3F)s2)cc1. The Morgan fingerprint density at radius 3 is 2.56 bits per heavy atom. The molecule has 3 aromatic rings. The molecule has 1 atom stereocenters. The average molecular weight is 475 g/mol. The Hall–Kier alpha value is -2.69. The molecule has 168 valence electrons. The summed E-state index contributed by atoms with van der Waals surface area (Å²) in [5, 5.41) is 11.0. The number of hydrogen-bond donors (Lipinski definition) is 1. The van der Waals surface area contributed by atoms with Crippen LogP contribution in [0, 0.1) is 5.82 Å². The normalized spacial score (nSPS) is 17.1. The molecule has 1 N–H and O–H groups in total. The van der Waals surface area contributed by atoms with Crippen LogP contribution < -0.4 is 5.32 Å². The van der Waals surface area contributed by atoms with E-state index in [-0.39, 0.29) is 15.6 Å². The number of anilines is 1. The van der Waals surface area contributed by atoms with Crippen molar-refractivity contribution in [1.29, 1.82) is 0 Å². The number of carbonyl (C=O) groups excluding carboxylic acids is 1. The van der Waals surface area contributed by atoms with Crippen molar-refractivity contribution in [3.05, 3.63) is 69.9 Å². The van der Waals surface area contributed by atoms with Gasteiger partial charge < -0.3 is 5.32 Å². The number of rotatable bonds is 6. The van der Waals surface area contributed by atoms with Crippen molar-refractivity contribution in [2.45, 2.75) is 43.5 Å². The van der Waals surface area contributed by atoms with Crippen LogP contribution in [0.3, 0.4) is 0 Å². The maximum absolute atomic E-state index is 13.8. The van der Waals surface area contributed by atoms with Crippen LogP contribution in [0.2, 0.25) is 0 Å². The van der Waals surface area contributed by atoms with Gasteiger partial charge in [0, 0.05) is 6.54 Å². The molecule has 32 heavy (non-hydrogen) atoms. The molecule has 1 aliphatic rings. The summed E-state index contributed by atoms with van der Waals surface area (Å²) in [4.78, 5) is 12.7. The highest BCUT2D eigenvalue weighted by molar-refractivity contribution is 7.89. The van der Waals surface area contributed by atoms with E-state index in [2.05, 4.69) is 29.4 Å². The van der Waals surface area contributed by atoms with E-state index in [0.29, 0.717) is 30.3 Å². The number of sulfonamides is 1. The van der Waals surface area contributed by atoms with Crippen molar-refractivity contribution in [3.8, 4) is 0 Å². The van der Waals surface area contributed by atoms with Gasteiger partial charge in [-0.25, -0.2) is 12.8 Å². The third-order valence-corrected chi connectivity index (χ3v) is 8.34. The van der Waals surface area contributed by atoms with E-state index in [4.69, 9.17) is 0 Å². The molecule has 1 aliphatic heterocycles. The molecule has 10 heteroatoms. The first-order valence-electron chi connectivity index (χ1n) is 10.3. The summed E-state index contributed by atoms with van der Waals surface area (Å²) in [6, 6.07) is 12.3. The van der Waals surface area contributed by atoms with E-state index in [1.807, 2.05) is 12.1 Å². The number of halogens is 1. The Kier molecular flexibility index (Phi) is 6.36. The summed E-state index contributed by atoms with van der Waals surface area (Å²) in [7, 11) is -3.72. The first-order valence-corrected chi connectivity index (χ1v) is 12.5. The molecule has 0 spiro atoms. The number of carbonyl (C=O) groups is 1. The van der Waals surface area contributed by atoms with Crippen molar-refractivity contribution < 1.29 is 17.6 Å². The predicted octanol–water partition coefficient (Wildman–Crippen LogP) is 4.58. The maximum Gasteiger partial charge on any atom is 0.286 e. The van der Waals surface area contributed by atoms with E-state index in [1.165, 1.54) is 22.5 Å². The van der Waals surface area contributed by atoms with Gasteiger partial charge in [-0.1, -0.05) is 49.4 Å². The van der Waals surface area contributed by atoms with Crippen LogP contribution in [-0.2, 0) is 10.0 Å². The predicted molar refractivity (Wildman–Crippen MR) is 121 cm³/mol. The quantitative estimate of drug-likeness (QED) is 0.565. The molecule has 0 unspecified atom stereocenters. The fraction of sp³-hybridized carbons (Fsp3) is 0.318. The summed E-state index contributed by atoms with van der Waals surface area (Å²) >= 11 is 1.02. The zero-order valence-electron chi connectivity index (χ0n) is 17.7. The Bertz CT molecular complexity index is 1230. The van der Waals surface area contributed by atoms with Crippen molar-refractivity contribution in [3.63, 3.8) is 0 Å². The summed E-state index contributed by atoms with van der Waals surface area (Å²) in [6.45, 7) is 4.47. The Morgan fingerprint density at radius 2 is 1.88 bits per heavy atom. The minimum Gasteiger partial charge on any atom is -0.317 e. The maximum atomic E-state index is 13.8. The largest absolute Gasteiger partial charge is 0.317 e. The lowest BCUT2D eigenvalue weighted by Gasteiger charge is -2.22. The van der Waals surface area contributed by atoms with Gasteiger partial charge in [0.25, 0.3) is 5.91 Å². The highest BCUT2D eigenvalue weighted by Gasteiger charge is 2.38. The van der Waals surface area contributed by atoms with Gasteiger partial charge in [0.2, 0.25) is 15.0 Å². The number of amides is 1. The highest BCUT2D eigenvalue weighted by Crippen LogP contribution is 2.38. The molecule has 2 heterocycles. The van der Waals surface area contributed by atoms with Crippen molar-refractivity contribution >= 4 is 33.0 Å². The van der Waals surface area contributed by atoms with Gasteiger partial charge in [-0.3, -0.25) is 4.79 Å². The molecular formula is C22H23FN4O3S2. The minimum absolute atomic E-state index is 0.0455. The van der Waals surface area contributed by atoms with Gasteiger partial charge in [-0.2, -0.15) is 4.31 Å². The Morgan fingerprint density at radius 1 is 1.16 bits per heavy atom. The lowest BCUT2D eigenvalue weighted by molar-refractivity contribution is 0.102. The second-order valence-corrected chi connectivity index (χ2v) is 10.8. The molecule has 0 saturated carbocycles. The minimum atomic E-state index is -3.72. The molecule has 1 aromatic heterocycles. The summed E-state index contributed by atoms with van der Waals surface area (Å²) in [6.07, 6.45) is 1.27. The molecule has 0 radical (unpaired) electrons. The number of hydrogen-bond acceptors (Lipinski definition) is 6. The lowest BCUT2D eigenvalue weighted by Crippen LogP contribution is -2.30. The smallest absolute Gasteiger partial charge is 0.286 e. The number of nitrogens with zero attached hydrogens (tertiary/aromatic N) is 3.